The van der Waals surface area contributed by atoms with E-state index < -0.39 is 0 Å². The van der Waals surface area contributed by atoms with Crippen LogP contribution >= 0.6 is 22.9 Å². The predicted molar refractivity (Wildman–Crippen MR) is 94.1 cm³/mol. The number of benzene rings is 1. The fourth-order valence-electron chi connectivity index (χ4n) is 2.83. The van der Waals surface area contributed by atoms with Crippen molar-refractivity contribution >= 4 is 28.6 Å². The molecule has 0 saturated heterocycles. The molecule has 0 bridgehead atoms. The monoisotopic (exact) mass is 397 g/mol. The van der Waals surface area contributed by atoms with Crippen LogP contribution in [0.25, 0.3) is 5.70 Å². The van der Waals surface area contributed by atoms with E-state index in [2.05, 4.69) is 50.3 Å². The van der Waals surface area contributed by atoms with Crippen molar-refractivity contribution in [3.63, 3.8) is 0 Å². The summed E-state index contributed by atoms with van der Waals surface area (Å²) in [5, 5.41) is 18.2. The molecule has 3 nitrogen and oxygen atoms in total. The molecule has 1 aromatic carbocycles. The first-order valence-electron chi connectivity index (χ1n) is 6.87. The number of nitriles is 2. The number of hydrogen-bond acceptors (Lipinski definition) is 3. The largest absolute Gasteiger partial charge is 0.306 e. The highest BCUT2D eigenvalue weighted by atomic mass is 127. The molecule has 2 atom stereocenters. The lowest BCUT2D eigenvalue weighted by molar-refractivity contribution is 0.536. The highest BCUT2D eigenvalue weighted by molar-refractivity contribution is 14.1. The summed E-state index contributed by atoms with van der Waals surface area (Å²) in [7, 11) is 0. The Hall–Kier alpha value is -2.31. The third-order valence-corrected chi connectivity index (χ3v) is 4.93. The van der Waals surface area contributed by atoms with E-state index in [1.807, 2.05) is 42.5 Å². The van der Waals surface area contributed by atoms with Crippen molar-refractivity contribution in [3.05, 3.63) is 77.4 Å². The molecular weight excluding hydrogens is 385 g/mol. The zero-order valence-corrected chi connectivity index (χ0v) is 13.8. The molecule has 2 unspecified atom stereocenters. The van der Waals surface area contributed by atoms with Gasteiger partial charge in [0, 0.05) is 5.92 Å². The lowest BCUT2D eigenvalue weighted by atomic mass is 9.89. The van der Waals surface area contributed by atoms with Gasteiger partial charge >= 0.3 is 0 Å². The number of rotatable bonds is 2. The molecular formula is C18H12IN3. The maximum Gasteiger partial charge on any atom is 0.130 e. The first-order chi connectivity index (χ1) is 10.8. The lowest BCUT2D eigenvalue weighted by Gasteiger charge is -2.24. The van der Waals surface area contributed by atoms with Gasteiger partial charge in [0.2, 0.25) is 0 Å². The van der Waals surface area contributed by atoms with Gasteiger partial charge < -0.3 is 3.11 Å². The Labute approximate surface area is 143 Å². The zero-order valence-electron chi connectivity index (χ0n) is 11.6. The third kappa shape index (κ3) is 2.47. The van der Waals surface area contributed by atoms with Gasteiger partial charge in [-0.2, -0.15) is 10.5 Å². The standard InChI is InChI=1S/C18H12IN3/c19-22-17-9-5-4-8-15(17)16(10-13(11-20)12-21)18(22)14-6-2-1-3-7-14/h1-10,15,17H. The Kier molecular flexibility index (Phi) is 4.13. The summed E-state index contributed by atoms with van der Waals surface area (Å²) in [5.74, 6) is 0.161. The van der Waals surface area contributed by atoms with Crippen molar-refractivity contribution in [2.75, 3.05) is 0 Å². The Bertz CT molecular complexity index is 772. The molecule has 1 aliphatic heterocycles. The number of hydrogen-bond donors (Lipinski definition) is 0. The second-order valence-corrected chi connectivity index (χ2v) is 6.09. The van der Waals surface area contributed by atoms with E-state index in [4.69, 9.17) is 10.5 Å². The minimum atomic E-state index is 0.136. The quantitative estimate of drug-likeness (QED) is 0.428. The van der Waals surface area contributed by atoms with Crippen LogP contribution in [-0.2, 0) is 0 Å². The molecule has 1 heterocycles. The molecule has 0 radical (unpaired) electrons. The first-order valence-corrected chi connectivity index (χ1v) is 7.84. The SMILES string of the molecule is N#CC(C#N)=CC1=C(c2ccccc2)N(I)C2C=CC=CC12. The predicted octanol–water partition coefficient (Wildman–Crippen LogP) is 4.15. The Balaban J connectivity index is 2.20. The Morgan fingerprint density at radius 1 is 1.09 bits per heavy atom. The second kappa shape index (κ2) is 6.21. The van der Waals surface area contributed by atoms with Crippen LogP contribution in [-0.4, -0.2) is 9.16 Å². The average Bonchev–Trinajstić information content (AvgIpc) is 2.86. The summed E-state index contributed by atoms with van der Waals surface area (Å²) in [5.41, 5.74) is 3.31. The summed E-state index contributed by atoms with van der Waals surface area (Å²) < 4.78 is 2.19. The maximum absolute atomic E-state index is 9.09. The van der Waals surface area contributed by atoms with Gasteiger partial charge in [0.05, 0.1) is 34.6 Å². The zero-order chi connectivity index (χ0) is 15.5. The van der Waals surface area contributed by atoms with E-state index in [0.717, 1.165) is 16.8 Å². The molecule has 1 aromatic rings. The van der Waals surface area contributed by atoms with Crippen LogP contribution in [0.3, 0.4) is 0 Å². The fourth-order valence-corrected chi connectivity index (χ4v) is 3.91. The molecule has 0 saturated carbocycles. The molecule has 4 heteroatoms. The van der Waals surface area contributed by atoms with Crippen LogP contribution in [0.5, 0.6) is 0 Å². The molecule has 0 spiro atoms. The van der Waals surface area contributed by atoms with Crippen LogP contribution in [0.4, 0.5) is 0 Å². The summed E-state index contributed by atoms with van der Waals surface area (Å²) in [6.07, 6.45) is 10.1. The lowest BCUT2D eigenvalue weighted by Crippen LogP contribution is -2.24. The topological polar surface area (TPSA) is 50.8 Å². The fraction of sp³-hybridized carbons (Fsp3) is 0.111. The van der Waals surface area contributed by atoms with Gasteiger partial charge in [-0.1, -0.05) is 54.6 Å². The molecule has 2 aliphatic rings. The van der Waals surface area contributed by atoms with Crippen molar-refractivity contribution in [3.8, 4) is 12.1 Å². The van der Waals surface area contributed by atoms with E-state index in [0.29, 0.717) is 0 Å². The smallest absolute Gasteiger partial charge is 0.130 e. The van der Waals surface area contributed by atoms with Crippen molar-refractivity contribution in [1.29, 1.82) is 10.5 Å². The van der Waals surface area contributed by atoms with E-state index in [1.54, 1.807) is 6.08 Å². The van der Waals surface area contributed by atoms with Gasteiger partial charge in [0.1, 0.15) is 17.7 Å². The van der Waals surface area contributed by atoms with E-state index in [9.17, 15) is 0 Å². The highest BCUT2D eigenvalue weighted by Gasteiger charge is 2.37. The van der Waals surface area contributed by atoms with Gasteiger partial charge in [0.25, 0.3) is 0 Å². The van der Waals surface area contributed by atoms with Crippen LogP contribution in [0.1, 0.15) is 5.56 Å². The van der Waals surface area contributed by atoms with Gasteiger partial charge in [-0.15, -0.1) is 0 Å². The van der Waals surface area contributed by atoms with Crippen LogP contribution in [0, 0.1) is 28.6 Å². The van der Waals surface area contributed by atoms with Gasteiger partial charge in [0.15, 0.2) is 0 Å². The minimum absolute atomic E-state index is 0.136. The minimum Gasteiger partial charge on any atom is -0.306 e. The van der Waals surface area contributed by atoms with Crippen LogP contribution < -0.4 is 0 Å². The van der Waals surface area contributed by atoms with Crippen molar-refractivity contribution in [2.24, 2.45) is 5.92 Å². The average molecular weight is 397 g/mol. The second-order valence-electron chi connectivity index (χ2n) is 5.05. The summed E-state index contributed by atoms with van der Waals surface area (Å²) in [6, 6.07) is 14.2. The van der Waals surface area contributed by atoms with Gasteiger partial charge in [-0.3, -0.25) is 0 Å². The molecule has 106 valence electrons. The third-order valence-electron chi connectivity index (χ3n) is 3.80. The molecule has 0 fully saturated rings. The van der Waals surface area contributed by atoms with E-state index >= 15 is 0 Å². The van der Waals surface area contributed by atoms with E-state index in [1.165, 1.54) is 0 Å². The summed E-state index contributed by atoms with van der Waals surface area (Å²) in [4.78, 5) is 0. The molecule has 3 rings (SSSR count). The Morgan fingerprint density at radius 2 is 1.77 bits per heavy atom. The maximum atomic E-state index is 9.09. The van der Waals surface area contributed by atoms with Gasteiger partial charge in [-0.05, 0) is 17.2 Å². The molecule has 0 aromatic heterocycles. The van der Waals surface area contributed by atoms with Crippen LogP contribution in [0.15, 0.2) is 71.9 Å². The Morgan fingerprint density at radius 3 is 2.45 bits per heavy atom. The first kappa shape index (κ1) is 14.6. The van der Waals surface area contributed by atoms with E-state index in [-0.39, 0.29) is 17.5 Å². The number of fused-ring (bicyclic) bond motifs is 1. The highest BCUT2D eigenvalue weighted by Crippen LogP contribution is 2.45. The number of allylic oxidation sites excluding steroid dienone is 4. The number of nitrogens with zero attached hydrogens (tertiary/aromatic N) is 3. The molecule has 0 N–H and O–H groups in total. The molecule has 0 amide bonds. The van der Waals surface area contributed by atoms with Crippen LogP contribution in [0.2, 0.25) is 0 Å². The molecule has 22 heavy (non-hydrogen) atoms. The van der Waals surface area contributed by atoms with Crippen molar-refractivity contribution in [2.45, 2.75) is 6.04 Å². The summed E-state index contributed by atoms with van der Waals surface area (Å²) >= 11 is 2.31. The molecule has 1 aliphatic carbocycles. The van der Waals surface area contributed by atoms with Gasteiger partial charge in [-0.25, -0.2) is 0 Å². The van der Waals surface area contributed by atoms with Crippen molar-refractivity contribution in [1.82, 2.24) is 3.11 Å². The normalized spacial score (nSPS) is 22.0. The number of halogens is 1. The van der Waals surface area contributed by atoms with Crippen molar-refractivity contribution < 1.29 is 0 Å². The summed E-state index contributed by atoms with van der Waals surface area (Å²) in [6.45, 7) is 0.